The van der Waals surface area contributed by atoms with Crippen molar-refractivity contribution in [2.75, 3.05) is 0 Å². The van der Waals surface area contributed by atoms with E-state index in [-0.39, 0.29) is 0 Å². The first-order valence-corrected chi connectivity index (χ1v) is 8.75. The van der Waals surface area contributed by atoms with Crippen molar-refractivity contribution in [3.05, 3.63) is 35.4 Å². The maximum atomic E-state index is 2.30. The average Bonchev–Trinajstić information content (AvgIpc) is 2.39. The second kappa shape index (κ2) is 6.39. The third-order valence-electron chi connectivity index (χ3n) is 4.51. The highest BCUT2D eigenvalue weighted by Gasteiger charge is 2.19. The molecule has 0 spiro atoms. The molecule has 0 heterocycles. The molecule has 0 radical (unpaired) electrons. The molecule has 0 amide bonds. The van der Waals surface area contributed by atoms with E-state index in [1.54, 1.807) is 0 Å². The smallest absolute Gasteiger partial charge is 0.00314 e. The molecule has 0 saturated heterocycles. The van der Waals surface area contributed by atoms with Crippen molar-refractivity contribution < 1.29 is 0 Å². The van der Waals surface area contributed by atoms with Crippen LogP contribution < -0.4 is 0 Å². The largest absolute Gasteiger partial charge is 0.0631 e. The second-order valence-electron chi connectivity index (χ2n) is 5.82. The minimum Gasteiger partial charge on any atom is -0.0631 e. The van der Waals surface area contributed by atoms with Crippen molar-refractivity contribution in [3.63, 3.8) is 0 Å². The fourth-order valence-corrected chi connectivity index (χ4v) is 3.87. The van der Waals surface area contributed by atoms with Crippen molar-refractivity contribution in [1.82, 2.24) is 0 Å². The van der Waals surface area contributed by atoms with Gasteiger partial charge in [-0.05, 0) is 37.2 Å². The minimum absolute atomic E-state index is 1.01. The Morgan fingerprint density at radius 2 is 1.59 bits per heavy atom. The third kappa shape index (κ3) is 3.99. The Balaban J connectivity index is 1.74. The summed E-state index contributed by atoms with van der Waals surface area (Å²) in [6.45, 7) is 2.17. The summed E-state index contributed by atoms with van der Waals surface area (Å²) < 4.78 is 0. The Morgan fingerprint density at radius 1 is 1.00 bits per heavy atom. The molecule has 0 aromatic heterocycles. The molecule has 1 aromatic rings. The van der Waals surface area contributed by atoms with Crippen LogP contribution in [0.1, 0.15) is 43.2 Å². The van der Waals surface area contributed by atoms with Gasteiger partial charge in [0.05, 0.1) is 0 Å². The summed E-state index contributed by atoms with van der Waals surface area (Å²) in [7, 11) is 1.40. The van der Waals surface area contributed by atoms with Crippen LogP contribution in [0.5, 0.6) is 0 Å². The summed E-state index contributed by atoms with van der Waals surface area (Å²) >= 11 is 0. The molecule has 1 aliphatic carbocycles. The molecule has 0 atom stereocenters. The number of hydrogen-bond acceptors (Lipinski definition) is 0. The lowest BCUT2D eigenvalue weighted by molar-refractivity contribution is 0.278. The van der Waals surface area contributed by atoms with E-state index in [1.165, 1.54) is 65.9 Å². The van der Waals surface area contributed by atoms with Gasteiger partial charge in [0.25, 0.3) is 0 Å². The molecule has 1 saturated carbocycles. The first-order valence-electron chi connectivity index (χ1n) is 7.33. The van der Waals surface area contributed by atoms with Crippen LogP contribution in [0.3, 0.4) is 0 Å². The van der Waals surface area contributed by atoms with Gasteiger partial charge in [-0.3, -0.25) is 0 Å². The minimum atomic E-state index is 1.01. The lowest BCUT2D eigenvalue weighted by Gasteiger charge is -2.27. The fraction of sp³-hybridized carbons (Fsp3) is 0.625. The number of rotatable bonds is 4. The van der Waals surface area contributed by atoms with Crippen LogP contribution in [-0.2, 0) is 6.42 Å². The van der Waals surface area contributed by atoms with Crippen molar-refractivity contribution in [2.24, 2.45) is 11.8 Å². The number of benzene rings is 1. The highest BCUT2D eigenvalue weighted by molar-refractivity contribution is 6.08. The Morgan fingerprint density at radius 3 is 2.18 bits per heavy atom. The van der Waals surface area contributed by atoms with Crippen LogP contribution in [0.4, 0.5) is 0 Å². The molecule has 0 bridgehead atoms. The van der Waals surface area contributed by atoms with Crippen LogP contribution in [0.25, 0.3) is 0 Å². The normalized spacial score (nSPS) is 25.0. The van der Waals surface area contributed by atoms with Crippen LogP contribution in [0, 0.1) is 18.8 Å². The standard InChI is InChI=1S/C16H26Si/c1-13-2-4-14(5-3-13)6-7-15-8-10-16(12-17)11-9-15/h2-5,15-16H,6-12H2,1,17H3. The maximum absolute atomic E-state index is 2.30. The van der Waals surface area contributed by atoms with Gasteiger partial charge in [-0.25, -0.2) is 0 Å². The summed E-state index contributed by atoms with van der Waals surface area (Å²) in [5, 5.41) is 0. The van der Waals surface area contributed by atoms with E-state index in [4.69, 9.17) is 0 Å². The van der Waals surface area contributed by atoms with Gasteiger partial charge in [0.2, 0.25) is 0 Å². The van der Waals surface area contributed by atoms with Crippen LogP contribution in [0.15, 0.2) is 24.3 Å². The lowest BCUT2D eigenvalue weighted by Crippen LogP contribution is -2.14. The summed E-state index contributed by atoms with van der Waals surface area (Å²) in [6, 6.07) is 10.6. The van der Waals surface area contributed by atoms with Crippen LogP contribution in [-0.4, -0.2) is 10.2 Å². The Bertz CT molecular complexity index is 320. The van der Waals surface area contributed by atoms with Gasteiger partial charge in [0.1, 0.15) is 0 Å². The quantitative estimate of drug-likeness (QED) is 0.713. The first-order chi connectivity index (χ1) is 8.28. The lowest BCUT2D eigenvalue weighted by atomic mass is 9.80. The van der Waals surface area contributed by atoms with E-state index in [0.29, 0.717) is 0 Å². The van der Waals surface area contributed by atoms with Crippen molar-refractivity contribution >= 4 is 10.2 Å². The summed E-state index contributed by atoms with van der Waals surface area (Å²) in [4.78, 5) is 0. The predicted octanol–water partition coefficient (Wildman–Crippen LogP) is 3.52. The Kier molecular flexibility index (Phi) is 4.84. The van der Waals surface area contributed by atoms with E-state index in [0.717, 1.165) is 11.8 Å². The zero-order valence-corrected chi connectivity index (χ0v) is 13.4. The molecule has 1 aromatic carbocycles. The maximum Gasteiger partial charge on any atom is 0.00314 e. The molecule has 1 heteroatoms. The fourth-order valence-electron chi connectivity index (χ4n) is 3.05. The molecule has 94 valence electrons. The zero-order chi connectivity index (χ0) is 12.1. The van der Waals surface area contributed by atoms with Crippen molar-refractivity contribution in [3.8, 4) is 0 Å². The van der Waals surface area contributed by atoms with Gasteiger partial charge in [-0.2, -0.15) is 0 Å². The number of aryl methyl sites for hydroxylation is 2. The Labute approximate surface area is 109 Å². The molecule has 0 aliphatic heterocycles. The molecule has 0 unspecified atom stereocenters. The highest BCUT2D eigenvalue weighted by Crippen LogP contribution is 2.32. The monoisotopic (exact) mass is 246 g/mol. The van der Waals surface area contributed by atoms with Gasteiger partial charge in [-0.1, -0.05) is 61.6 Å². The highest BCUT2D eigenvalue weighted by atomic mass is 28.1. The number of hydrogen-bond donors (Lipinski definition) is 0. The second-order valence-corrected chi connectivity index (χ2v) is 6.64. The van der Waals surface area contributed by atoms with Crippen molar-refractivity contribution in [1.29, 1.82) is 0 Å². The van der Waals surface area contributed by atoms with E-state index >= 15 is 0 Å². The average molecular weight is 246 g/mol. The Hall–Kier alpha value is -0.563. The predicted molar refractivity (Wildman–Crippen MR) is 79.7 cm³/mol. The van der Waals surface area contributed by atoms with Gasteiger partial charge in [-0.15, -0.1) is 0 Å². The van der Waals surface area contributed by atoms with E-state index in [2.05, 4.69) is 31.2 Å². The first kappa shape index (κ1) is 12.9. The summed E-state index contributed by atoms with van der Waals surface area (Å²) in [5.74, 6) is 2.11. The molecule has 17 heavy (non-hydrogen) atoms. The summed E-state index contributed by atoms with van der Waals surface area (Å²) in [6.07, 6.45) is 8.73. The van der Waals surface area contributed by atoms with Crippen LogP contribution in [0.2, 0.25) is 6.04 Å². The van der Waals surface area contributed by atoms with E-state index < -0.39 is 0 Å². The molecule has 2 rings (SSSR count). The van der Waals surface area contributed by atoms with E-state index in [9.17, 15) is 0 Å². The topological polar surface area (TPSA) is 0 Å². The van der Waals surface area contributed by atoms with Gasteiger partial charge in [0.15, 0.2) is 0 Å². The van der Waals surface area contributed by atoms with Gasteiger partial charge >= 0.3 is 0 Å². The molecule has 1 fully saturated rings. The van der Waals surface area contributed by atoms with Gasteiger partial charge in [0, 0.05) is 10.2 Å². The SMILES string of the molecule is Cc1ccc(CCC2CCC(C[SiH3])CC2)cc1. The van der Waals surface area contributed by atoms with E-state index in [1.807, 2.05) is 0 Å². The molecular weight excluding hydrogens is 220 g/mol. The van der Waals surface area contributed by atoms with Crippen LogP contribution >= 0.6 is 0 Å². The van der Waals surface area contributed by atoms with Gasteiger partial charge < -0.3 is 0 Å². The third-order valence-corrected chi connectivity index (χ3v) is 5.66. The molecule has 0 nitrogen and oxygen atoms in total. The van der Waals surface area contributed by atoms with Crippen molar-refractivity contribution in [2.45, 2.75) is 51.5 Å². The zero-order valence-electron chi connectivity index (χ0n) is 11.4. The molecular formula is C16H26Si. The summed E-state index contributed by atoms with van der Waals surface area (Å²) in [5.41, 5.74) is 2.90. The molecule has 1 aliphatic rings. The molecule has 0 N–H and O–H groups in total.